The van der Waals surface area contributed by atoms with E-state index in [1.807, 2.05) is 0 Å². The Kier molecular flexibility index (Phi) is 7.83. The third-order valence-corrected chi connectivity index (χ3v) is 5.74. The average molecular weight is 525 g/mol. The third-order valence-electron chi connectivity index (χ3n) is 5.51. The van der Waals surface area contributed by atoms with Crippen molar-refractivity contribution in [3.05, 3.63) is 94.9 Å². The zero-order chi connectivity index (χ0) is 26.5. The smallest absolute Gasteiger partial charge is 0.333 e. The predicted octanol–water partition coefficient (Wildman–Crippen LogP) is 3.83. The van der Waals surface area contributed by atoms with E-state index in [1.54, 1.807) is 42.5 Å². The number of carbonyl (C=O) groups is 2. The zero-order valence-corrected chi connectivity index (χ0v) is 20.0. The molecule has 0 spiro atoms. The number of aromatic nitrogens is 2. The minimum atomic E-state index is -1.77. The number of aliphatic hydroxyl groups is 1. The maximum Gasteiger partial charge on any atom is 0.333 e. The number of phenols is 1. The van der Waals surface area contributed by atoms with Crippen LogP contribution in [0.2, 0.25) is 5.02 Å². The van der Waals surface area contributed by atoms with Gasteiger partial charge in [-0.15, -0.1) is 0 Å². The van der Waals surface area contributed by atoms with E-state index in [9.17, 15) is 24.2 Å². The second-order valence-corrected chi connectivity index (χ2v) is 8.62. The minimum absolute atomic E-state index is 0.00623. The van der Waals surface area contributed by atoms with Crippen molar-refractivity contribution in [3.63, 3.8) is 0 Å². The number of hydrazine groups is 1. The van der Waals surface area contributed by atoms with Gasteiger partial charge in [0.1, 0.15) is 17.3 Å². The van der Waals surface area contributed by atoms with Crippen LogP contribution in [0.1, 0.15) is 16.1 Å². The molecule has 0 bridgehead atoms. The Hall–Kier alpha value is -4.25. The Labute approximate surface area is 215 Å². The highest BCUT2D eigenvalue weighted by Gasteiger charge is 2.22. The highest BCUT2D eigenvalue weighted by Crippen LogP contribution is 2.28. The van der Waals surface area contributed by atoms with Crippen molar-refractivity contribution in [2.45, 2.75) is 12.6 Å². The lowest BCUT2D eigenvalue weighted by atomic mass is 10.0. The Morgan fingerprint density at radius 3 is 2.49 bits per heavy atom. The molecule has 0 fully saturated rings. The molecule has 0 radical (unpaired) electrons. The summed E-state index contributed by atoms with van der Waals surface area (Å²) < 4.78 is 14.2. The molecule has 0 unspecified atom stereocenters. The van der Waals surface area contributed by atoms with Crippen LogP contribution in [-0.2, 0) is 11.3 Å². The molecular weight excluding hydrogens is 503 g/mol. The number of aliphatic hydroxyl groups excluding tert-OH is 1. The van der Waals surface area contributed by atoms with Gasteiger partial charge in [0.05, 0.1) is 12.2 Å². The summed E-state index contributed by atoms with van der Waals surface area (Å²) in [5.74, 6) is -2.52. The monoisotopic (exact) mass is 524 g/mol. The lowest BCUT2D eigenvalue weighted by molar-refractivity contribution is -0.148. The number of para-hydroxylation sites is 1. The van der Waals surface area contributed by atoms with Gasteiger partial charge in [-0.05, 0) is 47.5 Å². The molecule has 1 heterocycles. The number of hydrogen-bond donors (Lipinski definition) is 5. The number of carboxylic acid groups (broad SMARTS) is 1. The van der Waals surface area contributed by atoms with Gasteiger partial charge >= 0.3 is 5.97 Å². The van der Waals surface area contributed by atoms with Crippen molar-refractivity contribution in [3.8, 4) is 28.1 Å². The van der Waals surface area contributed by atoms with Crippen LogP contribution >= 0.6 is 11.6 Å². The van der Waals surface area contributed by atoms with Gasteiger partial charge in [0, 0.05) is 22.7 Å². The number of hydrogen-bond acceptors (Lipinski definition) is 6. The number of amides is 1. The summed E-state index contributed by atoms with van der Waals surface area (Å²) in [6.07, 6.45) is -1.77. The number of phenolic OH excluding ortho intramolecular Hbond substituents is 1. The summed E-state index contributed by atoms with van der Waals surface area (Å²) in [7, 11) is 0. The maximum atomic E-state index is 14.2. The molecule has 0 aliphatic heterocycles. The van der Waals surface area contributed by atoms with E-state index < -0.39 is 30.3 Å². The van der Waals surface area contributed by atoms with E-state index in [-0.39, 0.29) is 18.0 Å². The van der Waals surface area contributed by atoms with Crippen molar-refractivity contribution in [1.82, 2.24) is 20.6 Å². The van der Waals surface area contributed by atoms with Gasteiger partial charge in [-0.1, -0.05) is 48.0 Å². The van der Waals surface area contributed by atoms with Crippen LogP contribution in [0.3, 0.4) is 0 Å². The lowest BCUT2D eigenvalue weighted by Gasteiger charge is -2.24. The first-order chi connectivity index (χ1) is 17.7. The Bertz CT molecular complexity index is 1430. The molecular formula is C26H22ClFN4O5. The van der Waals surface area contributed by atoms with E-state index in [0.29, 0.717) is 33.0 Å². The van der Waals surface area contributed by atoms with Gasteiger partial charge in [-0.25, -0.2) is 14.2 Å². The molecule has 4 aromatic rings. The molecule has 0 saturated carbocycles. The van der Waals surface area contributed by atoms with Crippen LogP contribution in [0.4, 0.5) is 4.39 Å². The van der Waals surface area contributed by atoms with Crippen molar-refractivity contribution < 1.29 is 29.3 Å². The summed E-state index contributed by atoms with van der Waals surface area (Å²) >= 11 is 5.98. The SMILES string of the molecule is O=C(NN(Cc1ccc(-c2cc(Cl)ccc2F)cc1)C[C@@H](O)C(=O)O)c1cc(-c2ccccc2O)n[nH]1. The molecule has 0 aliphatic rings. The van der Waals surface area contributed by atoms with E-state index in [1.165, 1.54) is 35.3 Å². The number of H-pyrrole nitrogens is 1. The highest BCUT2D eigenvalue weighted by molar-refractivity contribution is 6.30. The van der Waals surface area contributed by atoms with Crippen LogP contribution in [0.25, 0.3) is 22.4 Å². The Morgan fingerprint density at radius 2 is 1.78 bits per heavy atom. The number of benzene rings is 3. The summed E-state index contributed by atoms with van der Waals surface area (Å²) in [4.78, 5) is 24.1. The van der Waals surface area contributed by atoms with Gasteiger partial charge in [-0.2, -0.15) is 5.10 Å². The van der Waals surface area contributed by atoms with Crippen LogP contribution in [0, 0.1) is 5.82 Å². The summed E-state index contributed by atoms with van der Waals surface area (Å²) in [6, 6.07) is 18.9. The fourth-order valence-electron chi connectivity index (χ4n) is 3.64. The van der Waals surface area contributed by atoms with Crippen molar-refractivity contribution in [2.75, 3.05) is 6.54 Å². The van der Waals surface area contributed by atoms with Crippen LogP contribution in [0.15, 0.2) is 72.8 Å². The van der Waals surface area contributed by atoms with Crippen molar-refractivity contribution >= 4 is 23.5 Å². The number of nitrogens with zero attached hydrogens (tertiary/aromatic N) is 2. The standard InChI is InChI=1S/C26H22ClFN4O5/c27-17-9-10-20(28)19(11-17)16-7-5-15(6-8-16)13-32(14-24(34)26(36)37)31-25(35)22-12-21(29-30-22)18-3-1-2-4-23(18)33/h1-12,24,33-34H,13-14H2,(H,29,30)(H,31,35)(H,36,37)/t24-/m1/s1. The number of aromatic hydroxyl groups is 1. The van der Waals surface area contributed by atoms with E-state index >= 15 is 0 Å². The van der Waals surface area contributed by atoms with E-state index in [2.05, 4.69) is 15.6 Å². The molecule has 190 valence electrons. The average Bonchev–Trinajstić information content (AvgIpc) is 3.36. The zero-order valence-electron chi connectivity index (χ0n) is 19.2. The third kappa shape index (κ3) is 6.31. The largest absolute Gasteiger partial charge is 0.507 e. The molecule has 4 rings (SSSR count). The Balaban J connectivity index is 1.51. The summed E-state index contributed by atoms with van der Waals surface area (Å²) in [5.41, 5.74) is 4.95. The van der Waals surface area contributed by atoms with Crippen LogP contribution in [0.5, 0.6) is 5.75 Å². The number of rotatable bonds is 9. The number of nitrogens with one attached hydrogen (secondary N) is 2. The van der Waals surface area contributed by atoms with Gasteiger partial charge in [-0.3, -0.25) is 15.3 Å². The van der Waals surface area contributed by atoms with Crippen LogP contribution < -0.4 is 5.43 Å². The van der Waals surface area contributed by atoms with Crippen molar-refractivity contribution in [2.24, 2.45) is 0 Å². The normalized spacial score (nSPS) is 11.9. The first kappa shape index (κ1) is 25.8. The predicted molar refractivity (Wildman–Crippen MR) is 134 cm³/mol. The summed E-state index contributed by atoms with van der Waals surface area (Å²) in [5, 5.41) is 37.3. The molecule has 1 amide bonds. The summed E-state index contributed by atoms with van der Waals surface area (Å²) in [6.45, 7) is -0.374. The number of aliphatic carboxylic acids is 1. The number of carbonyl (C=O) groups excluding carboxylic acids is 1. The van der Waals surface area contributed by atoms with Gasteiger partial charge in [0.2, 0.25) is 0 Å². The lowest BCUT2D eigenvalue weighted by Crippen LogP contribution is -2.47. The molecule has 9 nitrogen and oxygen atoms in total. The first-order valence-corrected chi connectivity index (χ1v) is 11.4. The number of aromatic amines is 1. The first-order valence-electron chi connectivity index (χ1n) is 11.1. The molecule has 0 saturated heterocycles. The molecule has 0 aliphatic carbocycles. The topological polar surface area (TPSA) is 139 Å². The highest BCUT2D eigenvalue weighted by atomic mass is 35.5. The van der Waals surface area contributed by atoms with Crippen LogP contribution in [-0.4, -0.2) is 55.1 Å². The number of carboxylic acids is 1. The van der Waals surface area contributed by atoms with E-state index in [0.717, 1.165) is 0 Å². The fourth-order valence-corrected chi connectivity index (χ4v) is 3.81. The molecule has 11 heteroatoms. The molecule has 1 aromatic heterocycles. The second-order valence-electron chi connectivity index (χ2n) is 8.18. The molecule has 3 aromatic carbocycles. The fraction of sp³-hybridized carbons (Fsp3) is 0.115. The van der Waals surface area contributed by atoms with Gasteiger partial charge in [0.15, 0.2) is 6.10 Å². The quantitative estimate of drug-likeness (QED) is 0.210. The number of halogens is 2. The Morgan fingerprint density at radius 1 is 1.05 bits per heavy atom. The van der Waals surface area contributed by atoms with E-state index in [4.69, 9.17) is 16.7 Å². The second kappa shape index (κ2) is 11.2. The van der Waals surface area contributed by atoms with Gasteiger partial charge in [0.25, 0.3) is 5.91 Å². The molecule has 5 N–H and O–H groups in total. The van der Waals surface area contributed by atoms with Crippen molar-refractivity contribution in [1.29, 1.82) is 0 Å². The molecule has 37 heavy (non-hydrogen) atoms. The minimum Gasteiger partial charge on any atom is -0.507 e. The molecule has 1 atom stereocenters. The maximum absolute atomic E-state index is 14.2. The van der Waals surface area contributed by atoms with Gasteiger partial charge < -0.3 is 15.3 Å².